The predicted molar refractivity (Wildman–Crippen MR) is 136 cm³/mol. The Morgan fingerprint density at radius 3 is 2.00 bits per heavy atom. The Labute approximate surface area is 224 Å². The molecule has 2 N–H and O–H groups in total. The Balaban J connectivity index is 1.45. The first-order valence-electron chi connectivity index (χ1n) is 11.5. The van der Waals surface area contributed by atoms with Crippen LogP contribution in [0.2, 0.25) is 0 Å². The number of urea groups is 1. The lowest BCUT2D eigenvalue weighted by molar-refractivity contribution is -0.137. The summed E-state index contributed by atoms with van der Waals surface area (Å²) < 4.78 is 65.0. The van der Waals surface area contributed by atoms with Crippen LogP contribution in [0, 0.1) is 11.6 Å². The number of hydrogen-bond donors (Lipinski definition) is 2. The van der Waals surface area contributed by atoms with E-state index in [2.05, 4.69) is 15.6 Å². The first-order chi connectivity index (χ1) is 18.6. The van der Waals surface area contributed by atoms with Crippen LogP contribution in [-0.4, -0.2) is 21.8 Å². The fraction of sp³-hybridized carbons (Fsp3) is 0.148. The molecule has 1 aromatic heterocycles. The molecule has 0 aliphatic carbocycles. The molecule has 3 amide bonds. The minimum atomic E-state index is -4.51. The number of hydrogen-bond acceptors (Lipinski definition) is 4. The van der Waals surface area contributed by atoms with Crippen LogP contribution in [-0.2, 0) is 25.8 Å². The third-order valence-corrected chi connectivity index (χ3v) is 6.35. The number of anilines is 1. The highest BCUT2D eigenvalue weighted by atomic mass is 32.1. The molecule has 0 saturated carbocycles. The van der Waals surface area contributed by atoms with Gasteiger partial charge in [-0.15, -0.1) is 11.3 Å². The summed E-state index contributed by atoms with van der Waals surface area (Å²) in [5, 5.41) is 7.20. The normalized spacial score (nSPS) is 11.2. The molecule has 4 rings (SSSR count). The molecule has 1 heterocycles. The van der Waals surface area contributed by atoms with Crippen molar-refractivity contribution in [3.63, 3.8) is 0 Å². The van der Waals surface area contributed by atoms with Gasteiger partial charge in [-0.25, -0.2) is 18.6 Å². The molecular weight excluding hydrogens is 539 g/mol. The topological polar surface area (TPSA) is 74.3 Å². The highest BCUT2D eigenvalue weighted by Crippen LogP contribution is 2.30. The average Bonchev–Trinajstić information content (AvgIpc) is 3.37. The first kappa shape index (κ1) is 27.7. The quantitative estimate of drug-likeness (QED) is 0.239. The number of nitrogens with one attached hydrogen (secondary N) is 2. The van der Waals surface area contributed by atoms with Crippen molar-refractivity contribution in [2.75, 3.05) is 5.32 Å². The third-order valence-electron chi connectivity index (χ3n) is 5.51. The average molecular weight is 561 g/mol. The zero-order chi connectivity index (χ0) is 28.0. The summed E-state index contributed by atoms with van der Waals surface area (Å²) in [5.41, 5.74) is 0.731. The summed E-state index contributed by atoms with van der Waals surface area (Å²) in [6.07, 6.45) is -4.51. The molecule has 3 aromatic carbocycles. The molecule has 0 aliphatic heterocycles. The first-order valence-corrected chi connectivity index (χ1v) is 12.4. The molecular formula is C27H21F5N4O2S. The van der Waals surface area contributed by atoms with E-state index in [0.717, 1.165) is 35.6 Å². The number of halogens is 5. The molecule has 0 saturated heterocycles. The van der Waals surface area contributed by atoms with Gasteiger partial charge in [0.05, 0.1) is 12.1 Å². The van der Waals surface area contributed by atoms with Gasteiger partial charge < -0.3 is 15.5 Å². The predicted octanol–water partition coefficient (Wildman–Crippen LogP) is 6.60. The SMILES string of the molecule is O=C(NCc1ccc(F)cc1)c1csc(CN(Cc2ccc(F)cc2)C(=O)Nc2ccc(C(F)(F)F)cc2)n1. The lowest BCUT2D eigenvalue weighted by Gasteiger charge is -2.22. The lowest BCUT2D eigenvalue weighted by Crippen LogP contribution is -2.34. The number of carbonyl (C=O) groups is 2. The summed E-state index contributed by atoms with van der Waals surface area (Å²) in [7, 11) is 0. The Hall–Kier alpha value is -4.32. The second-order valence-corrected chi connectivity index (χ2v) is 9.37. The van der Waals surface area contributed by atoms with E-state index in [9.17, 15) is 31.5 Å². The van der Waals surface area contributed by atoms with E-state index in [1.807, 2.05) is 0 Å². The third kappa shape index (κ3) is 7.84. The van der Waals surface area contributed by atoms with E-state index in [1.54, 1.807) is 12.1 Å². The van der Waals surface area contributed by atoms with Crippen molar-refractivity contribution in [2.24, 2.45) is 0 Å². The molecule has 0 radical (unpaired) electrons. The number of amides is 3. The van der Waals surface area contributed by atoms with Crippen molar-refractivity contribution in [2.45, 2.75) is 25.8 Å². The van der Waals surface area contributed by atoms with Crippen molar-refractivity contribution >= 4 is 29.0 Å². The Bertz CT molecular complexity index is 1420. The molecule has 6 nitrogen and oxygen atoms in total. The van der Waals surface area contributed by atoms with Crippen LogP contribution in [0.25, 0.3) is 0 Å². The van der Waals surface area contributed by atoms with Gasteiger partial charge >= 0.3 is 12.2 Å². The number of benzene rings is 3. The molecule has 202 valence electrons. The monoisotopic (exact) mass is 560 g/mol. The second kappa shape index (κ2) is 12.0. The Kier molecular flexibility index (Phi) is 8.55. The highest BCUT2D eigenvalue weighted by Gasteiger charge is 2.30. The minimum absolute atomic E-state index is 0.0280. The Morgan fingerprint density at radius 2 is 1.41 bits per heavy atom. The maximum absolute atomic E-state index is 13.4. The van der Waals surface area contributed by atoms with Crippen molar-refractivity contribution in [1.29, 1.82) is 0 Å². The number of nitrogens with zero attached hydrogens (tertiary/aromatic N) is 2. The van der Waals surface area contributed by atoms with Crippen LogP contribution in [0.5, 0.6) is 0 Å². The van der Waals surface area contributed by atoms with Crippen LogP contribution < -0.4 is 10.6 Å². The maximum Gasteiger partial charge on any atom is 0.416 e. The van der Waals surface area contributed by atoms with Crippen molar-refractivity contribution in [1.82, 2.24) is 15.2 Å². The summed E-state index contributed by atoms with van der Waals surface area (Å²) in [5.74, 6) is -1.29. The van der Waals surface area contributed by atoms with Crippen molar-refractivity contribution in [3.05, 3.63) is 117 Å². The molecule has 0 unspecified atom stereocenters. The molecule has 39 heavy (non-hydrogen) atoms. The molecule has 0 fully saturated rings. The number of rotatable bonds is 8. The van der Waals surface area contributed by atoms with Gasteiger partial charge in [0.2, 0.25) is 0 Å². The van der Waals surface area contributed by atoms with Crippen LogP contribution in [0.1, 0.15) is 32.2 Å². The lowest BCUT2D eigenvalue weighted by atomic mass is 10.2. The fourth-order valence-corrected chi connectivity index (χ4v) is 4.27. The van der Waals surface area contributed by atoms with Crippen LogP contribution >= 0.6 is 11.3 Å². The number of aromatic nitrogens is 1. The van der Waals surface area contributed by atoms with Gasteiger partial charge in [0.25, 0.3) is 5.91 Å². The number of thiazole rings is 1. The number of carbonyl (C=O) groups excluding carboxylic acids is 2. The van der Waals surface area contributed by atoms with E-state index in [1.165, 1.54) is 46.7 Å². The largest absolute Gasteiger partial charge is 0.416 e. The van der Waals surface area contributed by atoms with Crippen LogP contribution in [0.15, 0.2) is 78.2 Å². The smallest absolute Gasteiger partial charge is 0.347 e. The van der Waals surface area contributed by atoms with Gasteiger partial charge in [0, 0.05) is 24.2 Å². The van der Waals surface area contributed by atoms with E-state index in [0.29, 0.717) is 16.1 Å². The summed E-state index contributed by atoms with van der Waals surface area (Å²) in [6.45, 7) is 0.177. The Morgan fingerprint density at radius 1 is 0.821 bits per heavy atom. The summed E-state index contributed by atoms with van der Waals surface area (Å²) >= 11 is 1.14. The second-order valence-electron chi connectivity index (χ2n) is 8.42. The van der Waals surface area contributed by atoms with Crippen molar-refractivity contribution < 1.29 is 31.5 Å². The molecule has 12 heteroatoms. The van der Waals surface area contributed by atoms with E-state index < -0.39 is 29.5 Å². The van der Waals surface area contributed by atoms with E-state index in [4.69, 9.17) is 0 Å². The van der Waals surface area contributed by atoms with E-state index in [-0.39, 0.29) is 36.8 Å². The van der Waals surface area contributed by atoms with Crippen molar-refractivity contribution in [3.8, 4) is 0 Å². The fourth-order valence-electron chi connectivity index (χ4n) is 3.48. The number of alkyl halides is 3. The van der Waals surface area contributed by atoms with Crippen LogP contribution in [0.4, 0.5) is 32.4 Å². The van der Waals surface area contributed by atoms with Gasteiger partial charge in [-0.1, -0.05) is 24.3 Å². The van der Waals surface area contributed by atoms with Gasteiger partial charge in [-0.2, -0.15) is 13.2 Å². The summed E-state index contributed by atoms with van der Waals surface area (Å²) in [6, 6.07) is 14.5. The van der Waals surface area contributed by atoms with Gasteiger partial charge in [-0.05, 0) is 59.7 Å². The molecule has 0 spiro atoms. The van der Waals surface area contributed by atoms with Gasteiger partial charge in [0.1, 0.15) is 22.3 Å². The van der Waals surface area contributed by atoms with Gasteiger partial charge in [0.15, 0.2) is 0 Å². The maximum atomic E-state index is 13.4. The van der Waals surface area contributed by atoms with Gasteiger partial charge in [-0.3, -0.25) is 4.79 Å². The zero-order valence-electron chi connectivity index (χ0n) is 20.1. The highest BCUT2D eigenvalue weighted by molar-refractivity contribution is 7.09. The van der Waals surface area contributed by atoms with E-state index >= 15 is 0 Å². The zero-order valence-corrected chi connectivity index (χ0v) is 21.0. The minimum Gasteiger partial charge on any atom is -0.347 e. The molecule has 0 aliphatic rings. The molecule has 4 aromatic rings. The standard InChI is InChI=1S/C27H21F5N4O2S/c28-20-7-1-17(2-8-20)13-33-25(37)23-16-39-24(35-23)15-36(14-18-3-9-21(29)10-4-18)26(38)34-22-11-5-19(6-12-22)27(30,31)32/h1-12,16H,13-15H2,(H,33,37)(H,34,38). The molecule has 0 bridgehead atoms. The summed E-state index contributed by atoms with van der Waals surface area (Å²) in [4.78, 5) is 31.3. The molecule has 0 atom stereocenters. The van der Waals surface area contributed by atoms with Crippen LogP contribution in [0.3, 0.4) is 0 Å².